The van der Waals surface area contributed by atoms with E-state index >= 15 is 0 Å². The fourth-order valence-corrected chi connectivity index (χ4v) is 4.68. The van der Waals surface area contributed by atoms with Gasteiger partial charge in [0.05, 0.1) is 10.2 Å². The zero-order valence-corrected chi connectivity index (χ0v) is 11.7. The van der Waals surface area contributed by atoms with Crippen LogP contribution in [0.2, 0.25) is 0 Å². The van der Waals surface area contributed by atoms with Crippen molar-refractivity contribution in [3.63, 3.8) is 0 Å². The molecule has 1 aliphatic heterocycles. The molecule has 0 saturated carbocycles. The predicted octanol–water partition coefficient (Wildman–Crippen LogP) is 4.76. The molecule has 0 aliphatic carbocycles. The van der Waals surface area contributed by atoms with Gasteiger partial charge in [-0.3, -0.25) is 0 Å². The van der Waals surface area contributed by atoms with Gasteiger partial charge < -0.3 is 5.21 Å². The maximum absolute atomic E-state index is 8.46. The third kappa shape index (κ3) is 2.31. The third-order valence-electron chi connectivity index (χ3n) is 2.51. The number of hydrogen-bond acceptors (Lipinski definition) is 5. The summed E-state index contributed by atoms with van der Waals surface area (Å²) in [7, 11) is 0. The second-order valence-corrected chi connectivity index (χ2v) is 6.90. The van der Waals surface area contributed by atoms with Crippen LogP contribution in [-0.2, 0) is 0 Å². The molecule has 18 heavy (non-hydrogen) atoms. The molecule has 0 radical (unpaired) electrons. The van der Waals surface area contributed by atoms with Crippen molar-refractivity contribution < 1.29 is 5.21 Å². The first kappa shape index (κ1) is 11.8. The summed E-state index contributed by atoms with van der Waals surface area (Å²) in [5.41, 5.74) is 0. The van der Waals surface area contributed by atoms with Crippen LogP contribution in [0.15, 0.2) is 51.9 Å². The molecule has 0 fully saturated rings. The molecule has 0 saturated heterocycles. The van der Waals surface area contributed by atoms with Gasteiger partial charge in [0, 0.05) is 20.5 Å². The third-order valence-corrected chi connectivity index (χ3v) is 6.04. The summed E-state index contributed by atoms with van der Waals surface area (Å²) in [4.78, 5) is 4.80. The van der Waals surface area contributed by atoms with Gasteiger partial charge in [-0.05, 0) is 34.8 Å². The Morgan fingerprint density at radius 2 is 2.17 bits per heavy atom. The molecule has 0 spiro atoms. The average molecular weight is 291 g/mol. The molecule has 5 heteroatoms. The molecule has 1 unspecified atom stereocenters. The minimum absolute atomic E-state index is 0.313. The van der Waals surface area contributed by atoms with Crippen molar-refractivity contribution in [2.75, 3.05) is 0 Å². The topological polar surface area (TPSA) is 32.6 Å². The maximum atomic E-state index is 8.46. The highest BCUT2D eigenvalue weighted by atomic mass is 32.2. The lowest BCUT2D eigenvalue weighted by Gasteiger charge is -2.02. The Bertz CT molecular complexity index is 633. The van der Waals surface area contributed by atoms with E-state index in [1.165, 1.54) is 14.6 Å². The number of rotatable bonds is 2. The van der Waals surface area contributed by atoms with Crippen molar-refractivity contribution in [1.82, 2.24) is 0 Å². The van der Waals surface area contributed by atoms with Crippen LogP contribution in [-0.4, -0.2) is 11.1 Å². The molecule has 0 aromatic carbocycles. The van der Waals surface area contributed by atoms with Crippen molar-refractivity contribution in [2.24, 2.45) is 5.16 Å². The van der Waals surface area contributed by atoms with Gasteiger partial charge in [0.25, 0.3) is 0 Å². The lowest BCUT2D eigenvalue weighted by Crippen LogP contribution is -1.79. The molecule has 0 amide bonds. The van der Waals surface area contributed by atoms with E-state index in [9.17, 15) is 0 Å². The number of thioether (sulfide) groups is 1. The molecule has 2 aromatic heterocycles. The minimum Gasteiger partial charge on any atom is -0.404 e. The molecule has 1 N–H and O–H groups in total. The van der Waals surface area contributed by atoms with Crippen LogP contribution >= 0.6 is 34.4 Å². The van der Waals surface area contributed by atoms with Crippen LogP contribution < -0.4 is 0 Å². The molecule has 2 nitrogen and oxygen atoms in total. The van der Waals surface area contributed by atoms with Crippen LogP contribution in [0.25, 0.3) is 9.75 Å². The van der Waals surface area contributed by atoms with Crippen LogP contribution in [0.5, 0.6) is 0 Å². The summed E-state index contributed by atoms with van der Waals surface area (Å²) in [6.45, 7) is 0. The summed E-state index contributed by atoms with van der Waals surface area (Å²) in [5.74, 6) is 2.56. The number of hydrogen-bond donors (Lipinski definition) is 1. The molecule has 90 valence electrons. The molecular weight excluding hydrogens is 282 g/mol. The van der Waals surface area contributed by atoms with E-state index in [-0.39, 0.29) is 0 Å². The van der Waals surface area contributed by atoms with Gasteiger partial charge >= 0.3 is 0 Å². The Labute approximate surface area is 117 Å². The van der Waals surface area contributed by atoms with Crippen LogP contribution in [0.3, 0.4) is 0 Å². The molecular formula is C13H9NOS3. The van der Waals surface area contributed by atoms with Crippen LogP contribution in [0.4, 0.5) is 0 Å². The van der Waals surface area contributed by atoms with E-state index in [0.717, 1.165) is 4.91 Å². The highest BCUT2D eigenvalue weighted by Gasteiger charge is 2.18. The van der Waals surface area contributed by atoms with Crippen molar-refractivity contribution in [2.45, 2.75) is 5.25 Å². The normalized spacial score (nSPS) is 18.0. The Morgan fingerprint density at radius 1 is 1.22 bits per heavy atom. The van der Waals surface area contributed by atoms with Crippen molar-refractivity contribution in [3.05, 3.63) is 51.6 Å². The molecule has 1 atom stereocenters. The number of nitrogens with zero attached hydrogens (tertiary/aromatic N) is 1. The standard InChI is InChI=1S/C13H9NOS3/c15-14-8-9-3-4-12(17-9)13-6-5-11(18-13)10-2-1-7-16-10/h1-7,12,15H. The van der Waals surface area contributed by atoms with Crippen molar-refractivity contribution >= 4 is 40.3 Å². The zero-order valence-electron chi connectivity index (χ0n) is 9.24. The lowest BCUT2D eigenvalue weighted by molar-refractivity contribution is 0.323. The molecule has 1 aliphatic rings. The van der Waals surface area contributed by atoms with E-state index in [4.69, 9.17) is 5.21 Å². The van der Waals surface area contributed by atoms with Gasteiger partial charge in [-0.15, -0.1) is 34.4 Å². The first-order chi connectivity index (χ1) is 8.86. The van der Waals surface area contributed by atoms with Gasteiger partial charge in [0.15, 0.2) is 0 Å². The first-order valence-corrected chi connectivity index (χ1v) is 7.90. The monoisotopic (exact) mass is 291 g/mol. The molecule has 2 aromatic rings. The Kier molecular flexibility index (Phi) is 3.39. The average Bonchev–Trinajstić information content (AvgIpc) is 3.10. The Balaban J connectivity index is 1.83. The zero-order chi connectivity index (χ0) is 12.4. The fourth-order valence-electron chi connectivity index (χ4n) is 1.71. The second kappa shape index (κ2) is 5.16. The number of thiophene rings is 2. The number of allylic oxidation sites excluding steroid dienone is 1. The fraction of sp³-hybridized carbons (Fsp3) is 0.0769. The summed E-state index contributed by atoms with van der Waals surface area (Å²) in [6, 6.07) is 8.55. The smallest absolute Gasteiger partial charge is 0.0729 e. The van der Waals surface area contributed by atoms with Gasteiger partial charge in [0.2, 0.25) is 0 Å². The van der Waals surface area contributed by atoms with E-state index in [1.54, 1.807) is 23.1 Å². The van der Waals surface area contributed by atoms with Gasteiger partial charge in [0.1, 0.15) is 0 Å². The highest BCUT2D eigenvalue weighted by Crippen LogP contribution is 2.45. The van der Waals surface area contributed by atoms with E-state index in [2.05, 4.69) is 46.7 Å². The van der Waals surface area contributed by atoms with Crippen molar-refractivity contribution in [1.29, 1.82) is 0 Å². The quantitative estimate of drug-likeness (QED) is 0.491. The molecule has 3 heterocycles. The van der Waals surface area contributed by atoms with E-state index in [0.29, 0.717) is 5.25 Å². The van der Waals surface area contributed by atoms with Gasteiger partial charge in [-0.25, -0.2) is 0 Å². The van der Waals surface area contributed by atoms with Crippen LogP contribution in [0, 0.1) is 0 Å². The Hall–Kier alpha value is -1.26. The first-order valence-electron chi connectivity index (χ1n) is 5.32. The summed E-state index contributed by atoms with van der Waals surface area (Å²) >= 11 is 5.23. The SMILES string of the molecule is ON=C=C1C=CC(c2ccc(-c3cccs3)s2)S1. The summed E-state index contributed by atoms with van der Waals surface area (Å²) in [5, 5.41) is 13.8. The molecule has 0 bridgehead atoms. The second-order valence-electron chi connectivity index (χ2n) is 3.65. The van der Waals surface area contributed by atoms with Crippen molar-refractivity contribution in [3.8, 4) is 9.75 Å². The van der Waals surface area contributed by atoms with Crippen LogP contribution in [0.1, 0.15) is 10.1 Å². The maximum Gasteiger partial charge on any atom is 0.0729 e. The molecule has 3 rings (SSSR count). The largest absolute Gasteiger partial charge is 0.404 e. The minimum atomic E-state index is 0.313. The van der Waals surface area contributed by atoms with E-state index in [1.807, 2.05) is 17.4 Å². The van der Waals surface area contributed by atoms with Gasteiger partial charge in [-0.1, -0.05) is 12.1 Å². The van der Waals surface area contributed by atoms with E-state index < -0.39 is 0 Å². The predicted molar refractivity (Wildman–Crippen MR) is 79.8 cm³/mol. The lowest BCUT2D eigenvalue weighted by atomic mass is 10.3. The van der Waals surface area contributed by atoms with Gasteiger partial charge in [-0.2, -0.15) is 0 Å². The highest BCUT2D eigenvalue weighted by molar-refractivity contribution is 8.04. The summed E-state index contributed by atoms with van der Waals surface area (Å²) < 4.78 is 0. The summed E-state index contributed by atoms with van der Waals surface area (Å²) in [6.07, 6.45) is 4.06. The Morgan fingerprint density at radius 3 is 2.94 bits per heavy atom.